The molecule has 6 heterocycles. The van der Waals surface area contributed by atoms with E-state index in [-0.39, 0.29) is 23.5 Å². The van der Waals surface area contributed by atoms with Gasteiger partial charge < -0.3 is 24.6 Å². The number of aromatic carboxylic acids is 1. The number of aromatic nitrogens is 3. The zero-order chi connectivity index (χ0) is 45.0. The van der Waals surface area contributed by atoms with Gasteiger partial charge in [0.2, 0.25) is 5.91 Å². The Hall–Kier alpha value is -4.82. The number of ether oxygens (including phenoxy) is 1. The monoisotopic (exact) mass is 931 g/mol. The van der Waals surface area contributed by atoms with E-state index >= 15 is 0 Å². The number of benzene rings is 3. The first-order valence-corrected chi connectivity index (χ1v) is 24.5. The van der Waals surface area contributed by atoms with Gasteiger partial charge in [-0.1, -0.05) is 59.6 Å². The minimum Gasteiger partial charge on any atom is -0.478 e. The number of piperidine rings is 1. The highest BCUT2D eigenvalue weighted by Crippen LogP contribution is 2.46. The number of likely N-dealkylation sites (tertiary alicyclic amines) is 1. The zero-order valence-corrected chi connectivity index (χ0v) is 39.5. The predicted molar refractivity (Wildman–Crippen MR) is 259 cm³/mol. The summed E-state index contributed by atoms with van der Waals surface area (Å²) in [4.78, 5) is 47.5. The number of carboxylic acid groups (broad SMARTS) is 1. The molecule has 3 aromatic carbocycles. The minimum atomic E-state index is -0.968. The molecule has 11 nitrogen and oxygen atoms in total. The van der Waals surface area contributed by atoms with Crippen molar-refractivity contribution in [3.8, 4) is 16.1 Å². The Bertz CT molecular complexity index is 2770. The molecule has 0 unspecified atom stereocenters. The third-order valence-electron chi connectivity index (χ3n) is 14.5. The van der Waals surface area contributed by atoms with Gasteiger partial charge in [0.1, 0.15) is 16.9 Å². The minimum absolute atomic E-state index is 0.141. The Kier molecular flexibility index (Phi) is 12.3. The zero-order valence-electron chi connectivity index (χ0n) is 37.2. The van der Waals surface area contributed by atoms with Crippen molar-refractivity contribution in [2.24, 2.45) is 10.9 Å². The first kappa shape index (κ1) is 44.0. The summed E-state index contributed by atoms with van der Waals surface area (Å²) in [6, 6.07) is 19.6. The highest BCUT2D eigenvalue weighted by molar-refractivity contribution is 7.15. The number of hydrogen-bond acceptors (Lipinski definition) is 8. The summed E-state index contributed by atoms with van der Waals surface area (Å²) in [7, 11) is 0. The maximum Gasteiger partial charge on any atom is 0.337 e. The summed E-state index contributed by atoms with van der Waals surface area (Å²) in [5.74, 6) is 0.571. The number of aliphatic imine (C=N–C) groups is 1. The second kappa shape index (κ2) is 18.1. The van der Waals surface area contributed by atoms with Crippen LogP contribution >= 0.6 is 34.5 Å². The lowest BCUT2D eigenvalue weighted by Gasteiger charge is -2.43. The van der Waals surface area contributed by atoms with Crippen LogP contribution in [0.1, 0.15) is 93.6 Å². The fourth-order valence-electron chi connectivity index (χ4n) is 10.3. The number of fused-ring (bicyclic) bond motifs is 4. The topological polar surface area (TPSA) is 119 Å². The third kappa shape index (κ3) is 8.58. The highest BCUT2D eigenvalue weighted by Gasteiger charge is 2.40. The van der Waals surface area contributed by atoms with Crippen LogP contribution in [0.5, 0.6) is 0 Å². The van der Waals surface area contributed by atoms with E-state index in [0.717, 1.165) is 129 Å². The number of H-pyrrole nitrogens is 1. The Morgan fingerprint density at radius 2 is 1.63 bits per heavy atom. The van der Waals surface area contributed by atoms with E-state index in [2.05, 4.69) is 69.3 Å². The lowest BCUT2D eigenvalue weighted by Crippen LogP contribution is -2.50. The van der Waals surface area contributed by atoms with Crippen molar-refractivity contribution >= 4 is 63.0 Å². The molecule has 0 radical (unpaired) electrons. The van der Waals surface area contributed by atoms with Gasteiger partial charge in [0.05, 0.1) is 34.9 Å². The van der Waals surface area contributed by atoms with Gasteiger partial charge in [0, 0.05) is 108 Å². The first-order valence-electron chi connectivity index (χ1n) is 22.9. The molecule has 1 aliphatic carbocycles. The number of halogens is 2. The molecule has 3 fully saturated rings. The number of carboxylic acids is 1. The molecule has 3 aliphatic heterocycles. The van der Waals surface area contributed by atoms with Crippen molar-refractivity contribution in [1.82, 2.24) is 29.2 Å². The van der Waals surface area contributed by atoms with Gasteiger partial charge in [0.25, 0.3) is 0 Å². The Morgan fingerprint density at radius 1 is 0.923 bits per heavy atom. The lowest BCUT2D eigenvalue weighted by molar-refractivity contribution is -0.133. The SMILES string of the molecule is Cc1sc2c(c1C)C(c1ccc(Cl)cc1)=N[C@@H](CC(=O)N1CCC(CN3CCN(CCOC4(c5ccc(-c6cc7c(C(=O)O)c[nH]c7cc6Cl)cc5)CCC4)CC3)CC1)c1ncc(C)n1-2. The van der Waals surface area contributed by atoms with Crippen LogP contribution in [0.25, 0.3) is 27.0 Å². The molecular formula is C51H55Cl2N7O4S. The molecule has 6 aromatic rings. The van der Waals surface area contributed by atoms with E-state index in [1.165, 1.54) is 22.2 Å². The molecule has 2 N–H and O–H groups in total. The van der Waals surface area contributed by atoms with Gasteiger partial charge in [-0.2, -0.15) is 0 Å². The van der Waals surface area contributed by atoms with E-state index in [9.17, 15) is 14.7 Å². The molecule has 65 heavy (non-hydrogen) atoms. The number of aryl methyl sites for hydroxylation is 2. The van der Waals surface area contributed by atoms with E-state index in [1.807, 2.05) is 36.5 Å². The molecule has 3 aromatic heterocycles. The van der Waals surface area contributed by atoms with Crippen molar-refractivity contribution in [3.63, 3.8) is 0 Å². The fraction of sp³-hybridized carbons (Fsp3) is 0.412. The smallest absolute Gasteiger partial charge is 0.337 e. The number of piperazine rings is 1. The molecule has 0 bridgehead atoms. The van der Waals surface area contributed by atoms with Crippen molar-refractivity contribution in [3.05, 3.63) is 127 Å². The quantitative estimate of drug-likeness (QED) is 0.125. The Balaban J connectivity index is 0.703. The number of aromatic amines is 1. The molecule has 1 atom stereocenters. The molecule has 1 amide bonds. The van der Waals surface area contributed by atoms with Crippen LogP contribution in [-0.4, -0.2) is 111 Å². The standard InChI is InChI=1S/C51H55Cl2N7O4S/c1-31-28-55-48-44(56-47(36-7-11-38(52)12-8-36)46-32(2)33(3)65-49(46)60(31)48)27-45(61)59-17-13-34(14-18-59)30-58-21-19-57(20-22-58)23-24-64-51(15-4-16-51)37-9-5-35(6-10-37)39-25-40-41(50(62)63)29-54-43(40)26-42(39)53/h5-12,25-26,28-29,34,44,54H,4,13-24,27,30H2,1-3H3,(H,62,63)/t44-/m0/s1. The molecule has 338 valence electrons. The molecule has 14 heteroatoms. The number of amides is 1. The summed E-state index contributed by atoms with van der Waals surface area (Å²) < 4.78 is 8.94. The average molecular weight is 933 g/mol. The number of nitrogens with one attached hydrogen (secondary N) is 1. The van der Waals surface area contributed by atoms with Gasteiger partial charge in [-0.05, 0) is 99.7 Å². The van der Waals surface area contributed by atoms with Crippen LogP contribution in [0.4, 0.5) is 0 Å². The normalized spacial score (nSPS) is 19.1. The van der Waals surface area contributed by atoms with E-state index < -0.39 is 12.0 Å². The molecule has 1 saturated carbocycles. The number of carbonyl (C=O) groups is 2. The first-order chi connectivity index (χ1) is 31.4. The van der Waals surface area contributed by atoms with Gasteiger partial charge in [-0.3, -0.25) is 19.3 Å². The van der Waals surface area contributed by atoms with E-state index in [0.29, 0.717) is 33.5 Å². The summed E-state index contributed by atoms with van der Waals surface area (Å²) in [6.07, 6.45) is 8.87. The predicted octanol–water partition coefficient (Wildman–Crippen LogP) is 10.2. The summed E-state index contributed by atoms with van der Waals surface area (Å²) in [5.41, 5.74) is 8.85. The van der Waals surface area contributed by atoms with Gasteiger partial charge in [0.15, 0.2) is 0 Å². The molecule has 2 saturated heterocycles. The largest absolute Gasteiger partial charge is 0.478 e. The van der Waals surface area contributed by atoms with Crippen molar-refractivity contribution < 1.29 is 19.4 Å². The van der Waals surface area contributed by atoms with Crippen LogP contribution in [0.3, 0.4) is 0 Å². The molecule has 4 aliphatic rings. The molecular weight excluding hydrogens is 878 g/mol. The average Bonchev–Trinajstić information content (AvgIpc) is 3.95. The van der Waals surface area contributed by atoms with E-state index in [4.69, 9.17) is 37.9 Å². The lowest BCUT2D eigenvalue weighted by atomic mass is 9.74. The van der Waals surface area contributed by atoms with Crippen LogP contribution in [0.15, 0.2) is 78.0 Å². The maximum absolute atomic E-state index is 14.1. The number of carbonyl (C=O) groups excluding carboxylic acids is 1. The molecule has 10 rings (SSSR count). The van der Waals surface area contributed by atoms with Crippen LogP contribution in [0.2, 0.25) is 10.0 Å². The Morgan fingerprint density at radius 3 is 2.32 bits per heavy atom. The van der Waals surface area contributed by atoms with Crippen molar-refractivity contribution in [2.45, 2.75) is 70.9 Å². The van der Waals surface area contributed by atoms with Gasteiger partial charge >= 0.3 is 5.97 Å². The highest BCUT2D eigenvalue weighted by atomic mass is 35.5. The van der Waals surface area contributed by atoms with Crippen molar-refractivity contribution in [1.29, 1.82) is 0 Å². The number of imidazole rings is 1. The number of nitrogens with zero attached hydrogens (tertiary/aromatic N) is 6. The molecule has 0 spiro atoms. The van der Waals surface area contributed by atoms with Crippen LogP contribution < -0.4 is 0 Å². The van der Waals surface area contributed by atoms with Crippen LogP contribution in [0, 0.1) is 26.7 Å². The maximum atomic E-state index is 14.1. The number of rotatable bonds is 12. The summed E-state index contributed by atoms with van der Waals surface area (Å²) >= 11 is 14.7. The summed E-state index contributed by atoms with van der Waals surface area (Å²) in [6.45, 7) is 14.8. The van der Waals surface area contributed by atoms with E-state index in [1.54, 1.807) is 17.4 Å². The van der Waals surface area contributed by atoms with Gasteiger partial charge in [-0.15, -0.1) is 11.3 Å². The number of thiophene rings is 1. The van der Waals surface area contributed by atoms with Gasteiger partial charge in [-0.25, -0.2) is 9.78 Å². The summed E-state index contributed by atoms with van der Waals surface area (Å²) in [5, 5.41) is 12.6. The number of hydrogen-bond donors (Lipinski definition) is 2. The van der Waals surface area contributed by atoms with Crippen molar-refractivity contribution in [2.75, 3.05) is 59.0 Å². The third-order valence-corrected chi connectivity index (χ3v) is 16.2. The fourth-order valence-corrected chi connectivity index (χ4v) is 12.0. The Labute approximate surface area is 394 Å². The van der Waals surface area contributed by atoms with Crippen LogP contribution in [-0.2, 0) is 15.1 Å². The second-order valence-corrected chi connectivity index (χ2v) is 20.4. The second-order valence-electron chi connectivity index (χ2n) is 18.4.